The maximum atomic E-state index is 12.2. The lowest BCUT2D eigenvalue weighted by Gasteiger charge is -2.27. The molecule has 6 heteroatoms. The standard InChI is InChI=1S/C17H28O5S/c1-2-11-23(20,21)12-14-13(15-9-10-16(14)22-15)7-5-3-4-6-8-17(18)19/h3,5,13-16H,2,4,6-12H2,1H3,(H,18,19)/t13-,14+,15-,16+/m1/s1. The number of sulfone groups is 1. The second kappa shape index (κ2) is 8.29. The summed E-state index contributed by atoms with van der Waals surface area (Å²) in [6.45, 7) is 1.90. The molecule has 2 rings (SSSR count). The molecule has 0 unspecified atom stereocenters. The molecule has 0 radical (unpaired) electrons. The molecule has 0 spiro atoms. The van der Waals surface area contributed by atoms with Crippen LogP contribution in [-0.2, 0) is 19.4 Å². The van der Waals surface area contributed by atoms with Crippen molar-refractivity contribution < 1.29 is 23.1 Å². The molecular weight excluding hydrogens is 316 g/mol. The predicted molar refractivity (Wildman–Crippen MR) is 89.1 cm³/mol. The monoisotopic (exact) mass is 344 g/mol. The summed E-state index contributed by atoms with van der Waals surface area (Å²) in [5.74, 6) is 0.157. The van der Waals surface area contributed by atoms with Crippen molar-refractivity contribution >= 4 is 15.8 Å². The van der Waals surface area contributed by atoms with Gasteiger partial charge < -0.3 is 9.84 Å². The Morgan fingerprint density at radius 2 is 1.91 bits per heavy atom. The van der Waals surface area contributed by atoms with Crippen molar-refractivity contribution in [3.05, 3.63) is 12.2 Å². The number of hydrogen-bond acceptors (Lipinski definition) is 4. The van der Waals surface area contributed by atoms with Crippen LogP contribution in [0.1, 0.15) is 51.9 Å². The maximum Gasteiger partial charge on any atom is 0.303 e. The summed E-state index contributed by atoms with van der Waals surface area (Å²) in [6.07, 6.45) is 9.52. The van der Waals surface area contributed by atoms with Crippen molar-refractivity contribution in [3.8, 4) is 0 Å². The van der Waals surface area contributed by atoms with E-state index in [0.29, 0.717) is 12.8 Å². The Morgan fingerprint density at radius 3 is 2.57 bits per heavy atom. The third kappa shape index (κ3) is 5.31. The Bertz CT molecular complexity index is 525. The zero-order chi connectivity index (χ0) is 16.9. The van der Waals surface area contributed by atoms with Gasteiger partial charge in [0.25, 0.3) is 0 Å². The molecule has 132 valence electrons. The van der Waals surface area contributed by atoms with Gasteiger partial charge in [0, 0.05) is 18.1 Å². The average molecular weight is 344 g/mol. The summed E-state index contributed by atoms with van der Waals surface area (Å²) < 4.78 is 30.3. The minimum Gasteiger partial charge on any atom is -0.481 e. The molecule has 0 aromatic heterocycles. The lowest BCUT2D eigenvalue weighted by molar-refractivity contribution is -0.137. The first-order valence-corrected chi connectivity index (χ1v) is 10.5. The largest absolute Gasteiger partial charge is 0.481 e. The van der Waals surface area contributed by atoms with Crippen molar-refractivity contribution in [2.24, 2.45) is 11.8 Å². The van der Waals surface area contributed by atoms with Gasteiger partial charge in [0.05, 0.1) is 18.0 Å². The fourth-order valence-corrected chi connectivity index (χ4v) is 5.69. The first-order chi connectivity index (χ1) is 10.9. The molecule has 0 saturated carbocycles. The molecule has 4 atom stereocenters. The van der Waals surface area contributed by atoms with E-state index in [-0.39, 0.29) is 42.0 Å². The highest BCUT2D eigenvalue weighted by Gasteiger charge is 2.49. The number of allylic oxidation sites excluding steroid dienone is 2. The van der Waals surface area contributed by atoms with Crippen molar-refractivity contribution in [3.63, 3.8) is 0 Å². The number of carbonyl (C=O) groups is 1. The van der Waals surface area contributed by atoms with Gasteiger partial charge in [-0.2, -0.15) is 0 Å². The van der Waals surface area contributed by atoms with E-state index in [4.69, 9.17) is 9.84 Å². The molecule has 5 nitrogen and oxygen atoms in total. The molecule has 0 amide bonds. The molecule has 2 saturated heterocycles. The van der Waals surface area contributed by atoms with Crippen molar-refractivity contribution in [2.45, 2.75) is 64.1 Å². The van der Waals surface area contributed by atoms with Gasteiger partial charge in [-0.15, -0.1) is 0 Å². The van der Waals surface area contributed by atoms with Gasteiger partial charge in [-0.3, -0.25) is 4.79 Å². The molecule has 0 aromatic rings. The fourth-order valence-electron chi connectivity index (χ4n) is 3.86. The molecule has 2 bridgehead atoms. The predicted octanol–water partition coefficient (Wildman–Crippen LogP) is 2.81. The van der Waals surface area contributed by atoms with Crippen LogP contribution in [0.3, 0.4) is 0 Å². The number of ether oxygens (including phenoxy) is 1. The second-order valence-corrected chi connectivity index (χ2v) is 8.95. The molecular formula is C17H28O5S. The summed E-state index contributed by atoms with van der Waals surface area (Å²) in [7, 11) is -2.99. The lowest BCUT2D eigenvalue weighted by atomic mass is 9.78. The van der Waals surface area contributed by atoms with E-state index in [0.717, 1.165) is 25.7 Å². The number of aliphatic carboxylic acids is 1. The molecule has 2 fully saturated rings. The zero-order valence-electron chi connectivity index (χ0n) is 13.8. The fraction of sp³-hybridized carbons (Fsp3) is 0.824. The van der Waals surface area contributed by atoms with Crippen molar-refractivity contribution in [1.82, 2.24) is 0 Å². The van der Waals surface area contributed by atoms with E-state index in [1.54, 1.807) is 0 Å². The lowest BCUT2D eigenvalue weighted by Crippen LogP contribution is -2.33. The van der Waals surface area contributed by atoms with E-state index in [1.807, 2.05) is 13.0 Å². The third-order valence-electron chi connectivity index (χ3n) is 4.89. The van der Waals surface area contributed by atoms with Gasteiger partial charge in [0.15, 0.2) is 9.84 Å². The Hall–Kier alpha value is -0.880. The third-order valence-corrected chi connectivity index (χ3v) is 6.81. The van der Waals surface area contributed by atoms with Crippen molar-refractivity contribution in [1.29, 1.82) is 0 Å². The Labute approximate surface area is 139 Å². The minimum atomic E-state index is -2.99. The normalized spacial score (nSPS) is 30.3. The summed E-state index contributed by atoms with van der Waals surface area (Å²) in [4.78, 5) is 10.5. The first-order valence-electron chi connectivity index (χ1n) is 8.65. The Balaban J connectivity index is 1.86. The van der Waals surface area contributed by atoms with Crippen LogP contribution in [-0.4, -0.2) is 43.2 Å². The van der Waals surface area contributed by atoms with Gasteiger partial charge in [-0.25, -0.2) is 8.42 Å². The number of carboxylic acid groups (broad SMARTS) is 1. The van der Waals surface area contributed by atoms with Gasteiger partial charge in [-0.05, 0) is 44.4 Å². The number of rotatable bonds is 10. The second-order valence-electron chi connectivity index (χ2n) is 6.73. The summed E-state index contributed by atoms with van der Waals surface area (Å²) in [6, 6.07) is 0. The van der Waals surface area contributed by atoms with Crippen LogP contribution in [0.25, 0.3) is 0 Å². The van der Waals surface area contributed by atoms with Crippen LogP contribution < -0.4 is 0 Å². The van der Waals surface area contributed by atoms with E-state index in [9.17, 15) is 13.2 Å². The van der Waals surface area contributed by atoms with Crippen LogP contribution in [0.4, 0.5) is 0 Å². The SMILES string of the molecule is CCCS(=O)(=O)C[C@H]1[C@@H](CC=CCCCC(=O)O)[C@H]2CC[C@@H]1O2. The Kier molecular flexibility index (Phi) is 6.65. The van der Waals surface area contributed by atoms with Gasteiger partial charge in [0.2, 0.25) is 0 Å². The summed E-state index contributed by atoms with van der Waals surface area (Å²) in [5, 5.41) is 8.60. The van der Waals surface area contributed by atoms with Crippen LogP contribution in [0, 0.1) is 11.8 Å². The van der Waals surface area contributed by atoms with Gasteiger partial charge in [-0.1, -0.05) is 19.1 Å². The molecule has 2 heterocycles. The molecule has 1 N–H and O–H groups in total. The van der Waals surface area contributed by atoms with Crippen LogP contribution in [0.5, 0.6) is 0 Å². The highest BCUT2D eigenvalue weighted by molar-refractivity contribution is 7.91. The number of unbranched alkanes of at least 4 members (excludes halogenated alkanes) is 1. The summed E-state index contributed by atoms with van der Waals surface area (Å²) >= 11 is 0. The number of carboxylic acids is 1. The van der Waals surface area contributed by atoms with E-state index < -0.39 is 15.8 Å². The topological polar surface area (TPSA) is 80.7 Å². The van der Waals surface area contributed by atoms with Crippen molar-refractivity contribution in [2.75, 3.05) is 11.5 Å². The van der Waals surface area contributed by atoms with E-state index >= 15 is 0 Å². The van der Waals surface area contributed by atoms with Gasteiger partial charge >= 0.3 is 5.97 Å². The number of fused-ring (bicyclic) bond motifs is 2. The van der Waals surface area contributed by atoms with E-state index in [1.165, 1.54) is 0 Å². The first kappa shape index (κ1) is 18.5. The smallest absolute Gasteiger partial charge is 0.303 e. The van der Waals surface area contributed by atoms with Crippen LogP contribution in [0.15, 0.2) is 12.2 Å². The Morgan fingerprint density at radius 1 is 1.22 bits per heavy atom. The number of hydrogen-bond donors (Lipinski definition) is 1. The quantitative estimate of drug-likeness (QED) is 0.487. The zero-order valence-corrected chi connectivity index (χ0v) is 14.6. The average Bonchev–Trinajstić information content (AvgIpc) is 3.04. The molecule has 2 aliphatic rings. The van der Waals surface area contributed by atoms with Crippen LogP contribution in [0.2, 0.25) is 0 Å². The summed E-state index contributed by atoms with van der Waals surface area (Å²) in [5.41, 5.74) is 0. The maximum absolute atomic E-state index is 12.2. The molecule has 0 aliphatic carbocycles. The van der Waals surface area contributed by atoms with Gasteiger partial charge in [0.1, 0.15) is 0 Å². The van der Waals surface area contributed by atoms with E-state index in [2.05, 4.69) is 6.08 Å². The minimum absolute atomic E-state index is 0.108. The highest BCUT2D eigenvalue weighted by Crippen LogP contribution is 2.45. The molecule has 23 heavy (non-hydrogen) atoms. The highest BCUT2D eigenvalue weighted by atomic mass is 32.2. The molecule has 2 aliphatic heterocycles. The molecule has 0 aromatic carbocycles. The van der Waals surface area contributed by atoms with Crippen LogP contribution >= 0.6 is 0 Å².